The Morgan fingerprint density at radius 3 is 0.667 bits per heavy atom. The van der Waals surface area contributed by atoms with Gasteiger partial charge in [-0.15, -0.1) is 0 Å². The zero-order valence-corrected chi connectivity index (χ0v) is 9.12. The summed E-state index contributed by atoms with van der Waals surface area (Å²) in [4.78, 5) is 0. The standard InChI is InChI=1S/C5H10.3CH3.Pt/c1-2-4-5-3-1;;;;/h1-5H2;3*1H3;/q;3*-1;. The molecule has 0 bridgehead atoms. The van der Waals surface area contributed by atoms with Gasteiger partial charge in [0.05, 0.1) is 0 Å². The molecule has 1 saturated carbocycles. The van der Waals surface area contributed by atoms with E-state index < -0.39 is 0 Å². The van der Waals surface area contributed by atoms with E-state index in [-0.39, 0.29) is 43.3 Å². The minimum Gasteiger partial charge on any atom is -0.358 e. The van der Waals surface area contributed by atoms with Crippen LogP contribution in [0.1, 0.15) is 32.1 Å². The van der Waals surface area contributed by atoms with Crippen molar-refractivity contribution in [3.05, 3.63) is 22.3 Å². The predicted octanol–water partition coefficient (Wildman–Crippen LogP) is 3.30. The Morgan fingerprint density at radius 2 is 0.556 bits per heavy atom. The first kappa shape index (κ1) is 22.6. The van der Waals surface area contributed by atoms with Crippen molar-refractivity contribution in [3.8, 4) is 0 Å². The van der Waals surface area contributed by atoms with E-state index in [1.54, 1.807) is 0 Å². The van der Waals surface area contributed by atoms with E-state index in [1.165, 1.54) is 32.1 Å². The first-order valence-corrected chi connectivity index (χ1v) is 2.50. The van der Waals surface area contributed by atoms with Crippen molar-refractivity contribution in [2.24, 2.45) is 0 Å². The van der Waals surface area contributed by atoms with E-state index in [9.17, 15) is 0 Å². The van der Waals surface area contributed by atoms with Crippen LogP contribution >= 0.6 is 0 Å². The van der Waals surface area contributed by atoms with Crippen molar-refractivity contribution in [1.82, 2.24) is 0 Å². The molecule has 0 heterocycles. The minimum atomic E-state index is 0. The molecule has 0 aliphatic heterocycles. The molecule has 0 aromatic heterocycles. The van der Waals surface area contributed by atoms with Gasteiger partial charge in [0.15, 0.2) is 0 Å². The molecule has 0 radical (unpaired) electrons. The van der Waals surface area contributed by atoms with Crippen LogP contribution in [-0.2, 0) is 21.1 Å². The van der Waals surface area contributed by atoms with Crippen molar-refractivity contribution < 1.29 is 21.1 Å². The van der Waals surface area contributed by atoms with Crippen LogP contribution in [0.4, 0.5) is 0 Å². The van der Waals surface area contributed by atoms with Gasteiger partial charge < -0.3 is 22.3 Å². The second-order valence-electron chi connectivity index (χ2n) is 1.77. The van der Waals surface area contributed by atoms with Gasteiger partial charge in [0, 0.05) is 21.1 Å². The molecule has 64 valence electrons. The monoisotopic (exact) mass is 310 g/mol. The van der Waals surface area contributed by atoms with Crippen molar-refractivity contribution >= 4 is 0 Å². The molecule has 0 saturated heterocycles. The quantitative estimate of drug-likeness (QED) is 0.602. The number of hydrogen-bond donors (Lipinski definition) is 0. The van der Waals surface area contributed by atoms with Crippen molar-refractivity contribution in [2.75, 3.05) is 0 Å². The van der Waals surface area contributed by atoms with Crippen molar-refractivity contribution in [3.63, 3.8) is 0 Å². The Kier molecular flexibility index (Phi) is 39.9. The van der Waals surface area contributed by atoms with Crippen LogP contribution in [0, 0.1) is 22.3 Å². The van der Waals surface area contributed by atoms with Crippen molar-refractivity contribution in [1.29, 1.82) is 0 Å². The molecule has 0 amide bonds. The van der Waals surface area contributed by atoms with Crippen molar-refractivity contribution in [2.45, 2.75) is 32.1 Å². The molecule has 1 fully saturated rings. The summed E-state index contributed by atoms with van der Waals surface area (Å²) in [5, 5.41) is 0. The average Bonchev–Trinajstić information content (AvgIpc) is 1.76. The maximum absolute atomic E-state index is 1.50. The summed E-state index contributed by atoms with van der Waals surface area (Å²) in [5.74, 6) is 0. The topological polar surface area (TPSA) is 0 Å². The Morgan fingerprint density at radius 1 is 0.444 bits per heavy atom. The van der Waals surface area contributed by atoms with Gasteiger partial charge >= 0.3 is 0 Å². The predicted molar refractivity (Wildman–Crippen MR) is 42.3 cm³/mol. The van der Waals surface area contributed by atoms with Gasteiger partial charge in [-0.1, -0.05) is 32.1 Å². The first-order valence-electron chi connectivity index (χ1n) is 2.50. The van der Waals surface area contributed by atoms with Gasteiger partial charge in [-0.2, -0.15) is 0 Å². The third-order valence-corrected chi connectivity index (χ3v) is 1.25. The summed E-state index contributed by atoms with van der Waals surface area (Å²) in [7, 11) is 0. The van der Waals surface area contributed by atoms with Gasteiger partial charge in [-0.25, -0.2) is 0 Å². The van der Waals surface area contributed by atoms with Gasteiger partial charge in [-0.05, 0) is 0 Å². The van der Waals surface area contributed by atoms with Crippen LogP contribution in [0.2, 0.25) is 0 Å². The zero-order chi connectivity index (χ0) is 3.54. The molecule has 0 aromatic carbocycles. The zero-order valence-electron chi connectivity index (χ0n) is 6.85. The molecule has 0 nitrogen and oxygen atoms in total. The Bertz CT molecular complexity index is 16.1. The summed E-state index contributed by atoms with van der Waals surface area (Å²) in [6.07, 6.45) is 7.50. The van der Waals surface area contributed by atoms with E-state index in [1.807, 2.05) is 0 Å². The largest absolute Gasteiger partial charge is 0.358 e. The maximum Gasteiger partial charge on any atom is 0 e. The van der Waals surface area contributed by atoms with Crippen LogP contribution in [0.15, 0.2) is 0 Å². The summed E-state index contributed by atoms with van der Waals surface area (Å²) in [6, 6.07) is 0. The van der Waals surface area contributed by atoms with E-state index in [2.05, 4.69) is 0 Å². The van der Waals surface area contributed by atoms with Crippen LogP contribution in [0.5, 0.6) is 0 Å². The van der Waals surface area contributed by atoms with E-state index in [4.69, 9.17) is 0 Å². The average molecular weight is 310 g/mol. The molecular weight excluding hydrogens is 291 g/mol. The molecule has 0 unspecified atom stereocenters. The Labute approximate surface area is 75.7 Å². The minimum absolute atomic E-state index is 0. The van der Waals surface area contributed by atoms with E-state index in [0.29, 0.717) is 0 Å². The molecular formula is C8H19Pt-3. The molecule has 1 rings (SSSR count). The fraction of sp³-hybridized carbons (Fsp3) is 0.625. The molecule has 0 N–H and O–H groups in total. The molecule has 0 aromatic rings. The van der Waals surface area contributed by atoms with Crippen LogP contribution in [-0.4, -0.2) is 0 Å². The van der Waals surface area contributed by atoms with Crippen LogP contribution in [0.3, 0.4) is 0 Å². The summed E-state index contributed by atoms with van der Waals surface area (Å²) < 4.78 is 0. The summed E-state index contributed by atoms with van der Waals surface area (Å²) in [5.41, 5.74) is 0. The smallest absolute Gasteiger partial charge is 0 e. The van der Waals surface area contributed by atoms with Gasteiger partial charge in [0.1, 0.15) is 0 Å². The van der Waals surface area contributed by atoms with E-state index >= 15 is 0 Å². The first-order chi connectivity index (χ1) is 2.50. The molecule has 9 heavy (non-hydrogen) atoms. The SMILES string of the molecule is C1CCCC1.[CH3-].[CH3-].[CH3-].[Pt]. The number of hydrogen-bond acceptors (Lipinski definition) is 0. The van der Waals surface area contributed by atoms with E-state index in [0.717, 1.165) is 0 Å². The number of rotatable bonds is 0. The fourth-order valence-corrected chi connectivity index (χ4v) is 0.884. The second-order valence-corrected chi connectivity index (χ2v) is 1.77. The van der Waals surface area contributed by atoms with Crippen LogP contribution in [0.25, 0.3) is 0 Å². The Balaban J connectivity index is -0.0000000312. The normalized spacial score (nSPS) is 13.3. The van der Waals surface area contributed by atoms with Crippen LogP contribution < -0.4 is 0 Å². The fourth-order valence-electron chi connectivity index (χ4n) is 0.884. The third-order valence-electron chi connectivity index (χ3n) is 1.25. The molecule has 1 aliphatic carbocycles. The van der Waals surface area contributed by atoms with Gasteiger partial charge in [0.2, 0.25) is 0 Å². The molecule has 1 aliphatic rings. The molecule has 0 spiro atoms. The second kappa shape index (κ2) is 15.9. The van der Waals surface area contributed by atoms with Gasteiger partial charge in [0.25, 0.3) is 0 Å². The summed E-state index contributed by atoms with van der Waals surface area (Å²) >= 11 is 0. The third kappa shape index (κ3) is 12.0. The maximum atomic E-state index is 1.50. The molecule has 1 heteroatoms. The summed E-state index contributed by atoms with van der Waals surface area (Å²) in [6.45, 7) is 0. The van der Waals surface area contributed by atoms with Gasteiger partial charge in [-0.3, -0.25) is 0 Å². The molecule has 0 atom stereocenters. The Hall–Kier alpha value is 0.688.